The average Bonchev–Trinajstić information content (AvgIpc) is 3.43. The van der Waals surface area contributed by atoms with Gasteiger partial charge in [0.05, 0.1) is 23.5 Å². The van der Waals surface area contributed by atoms with Gasteiger partial charge in [0.15, 0.2) is 0 Å². The van der Waals surface area contributed by atoms with Crippen molar-refractivity contribution in [2.45, 2.75) is 33.2 Å². The second-order valence-electron chi connectivity index (χ2n) is 9.21. The quantitative estimate of drug-likeness (QED) is 0.524. The summed E-state index contributed by atoms with van der Waals surface area (Å²) < 4.78 is 3.61. The van der Waals surface area contributed by atoms with Crippen molar-refractivity contribution in [1.82, 2.24) is 19.6 Å². The second kappa shape index (κ2) is 6.92. The normalized spacial score (nSPS) is 15.9. The summed E-state index contributed by atoms with van der Waals surface area (Å²) in [4.78, 5) is 12.7. The number of aryl methyl sites for hydroxylation is 2. The molecule has 1 aliphatic carbocycles. The van der Waals surface area contributed by atoms with Gasteiger partial charge in [0, 0.05) is 23.6 Å². The SMILES string of the molecule is Cc1cccc(-c2nn3c(c2-c2ccc(=O)n(-c4ccccc4C)n2)NCC2(CC2)C3)c1. The van der Waals surface area contributed by atoms with E-state index in [1.807, 2.05) is 37.3 Å². The second-order valence-corrected chi connectivity index (χ2v) is 9.21. The molecule has 6 nitrogen and oxygen atoms in total. The number of hydrogen-bond donors (Lipinski definition) is 1. The van der Waals surface area contributed by atoms with Crippen molar-refractivity contribution in [2.24, 2.45) is 5.41 Å². The number of nitrogens with one attached hydrogen (secondary N) is 1. The lowest BCUT2D eigenvalue weighted by Gasteiger charge is -2.25. The lowest BCUT2D eigenvalue weighted by molar-refractivity contribution is 0.396. The molecule has 1 aliphatic heterocycles. The van der Waals surface area contributed by atoms with Gasteiger partial charge in [-0.1, -0.05) is 42.0 Å². The fourth-order valence-electron chi connectivity index (χ4n) is 4.67. The molecule has 2 aromatic heterocycles. The number of aromatic nitrogens is 4. The van der Waals surface area contributed by atoms with Crippen LogP contribution in [0.15, 0.2) is 65.5 Å². The number of benzene rings is 2. The molecule has 2 aliphatic rings. The Hall–Kier alpha value is -3.67. The van der Waals surface area contributed by atoms with E-state index in [1.165, 1.54) is 23.1 Å². The van der Waals surface area contributed by atoms with Crippen LogP contribution >= 0.6 is 0 Å². The van der Waals surface area contributed by atoms with Crippen LogP contribution in [-0.2, 0) is 6.54 Å². The Morgan fingerprint density at radius 3 is 2.59 bits per heavy atom. The lowest BCUT2D eigenvalue weighted by Crippen LogP contribution is -2.29. The Labute approximate surface area is 186 Å². The molecule has 1 N–H and O–H groups in total. The highest BCUT2D eigenvalue weighted by molar-refractivity contribution is 5.87. The van der Waals surface area contributed by atoms with Crippen LogP contribution in [0.3, 0.4) is 0 Å². The summed E-state index contributed by atoms with van der Waals surface area (Å²) in [6, 6.07) is 19.6. The Kier molecular flexibility index (Phi) is 4.12. The van der Waals surface area contributed by atoms with Crippen molar-refractivity contribution in [2.75, 3.05) is 11.9 Å². The highest BCUT2D eigenvalue weighted by Gasteiger charge is 2.46. The Balaban J connectivity index is 1.57. The molecule has 0 saturated heterocycles. The van der Waals surface area contributed by atoms with E-state index in [2.05, 4.69) is 41.2 Å². The van der Waals surface area contributed by atoms with Crippen molar-refractivity contribution in [1.29, 1.82) is 0 Å². The summed E-state index contributed by atoms with van der Waals surface area (Å²) >= 11 is 0. The van der Waals surface area contributed by atoms with Gasteiger partial charge in [-0.3, -0.25) is 4.79 Å². The molecule has 0 unspecified atom stereocenters. The number of nitrogens with zero attached hydrogens (tertiary/aromatic N) is 4. The lowest BCUT2D eigenvalue weighted by atomic mass is 10.0. The molecular formula is C26H25N5O. The fraction of sp³-hybridized carbons (Fsp3) is 0.269. The number of hydrogen-bond acceptors (Lipinski definition) is 4. The summed E-state index contributed by atoms with van der Waals surface area (Å²) in [5, 5.41) is 13.5. The predicted molar refractivity (Wildman–Crippen MR) is 126 cm³/mol. The predicted octanol–water partition coefficient (Wildman–Crippen LogP) is 4.59. The van der Waals surface area contributed by atoms with Gasteiger partial charge in [0.1, 0.15) is 11.5 Å². The molecule has 3 heterocycles. The molecule has 1 fully saturated rings. The summed E-state index contributed by atoms with van der Waals surface area (Å²) in [5.41, 5.74) is 6.83. The van der Waals surface area contributed by atoms with Gasteiger partial charge in [0.25, 0.3) is 5.56 Å². The van der Waals surface area contributed by atoms with E-state index in [9.17, 15) is 4.79 Å². The molecule has 1 spiro atoms. The zero-order valence-electron chi connectivity index (χ0n) is 18.3. The number of fused-ring (bicyclic) bond motifs is 1. The monoisotopic (exact) mass is 423 g/mol. The first-order valence-corrected chi connectivity index (χ1v) is 11.1. The molecule has 2 aromatic carbocycles. The van der Waals surface area contributed by atoms with E-state index >= 15 is 0 Å². The minimum Gasteiger partial charge on any atom is -0.369 e. The van der Waals surface area contributed by atoms with Crippen LogP contribution in [0.2, 0.25) is 0 Å². The Morgan fingerprint density at radius 1 is 0.969 bits per heavy atom. The summed E-state index contributed by atoms with van der Waals surface area (Å²) in [5.74, 6) is 0.988. The summed E-state index contributed by atoms with van der Waals surface area (Å²) in [7, 11) is 0. The summed E-state index contributed by atoms with van der Waals surface area (Å²) in [6.07, 6.45) is 2.48. The average molecular weight is 424 g/mol. The number of para-hydroxylation sites is 1. The zero-order chi connectivity index (χ0) is 21.9. The van der Waals surface area contributed by atoms with Crippen LogP contribution in [0.4, 0.5) is 5.82 Å². The van der Waals surface area contributed by atoms with Gasteiger partial charge in [0.2, 0.25) is 0 Å². The van der Waals surface area contributed by atoms with Gasteiger partial charge < -0.3 is 5.32 Å². The number of rotatable bonds is 3. The molecule has 160 valence electrons. The molecule has 4 aromatic rings. The molecule has 1 saturated carbocycles. The third-order valence-corrected chi connectivity index (χ3v) is 6.72. The maximum atomic E-state index is 12.7. The Morgan fingerprint density at radius 2 is 1.81 bits per heavy atom. The number of anilines is 1. The van der Waals surface area contributed by atoms with Crippen molar-refractivity contribution < 1.29 is 0 Å². The first-order chi connectivity index (χ1) is 15.5. The van der Waals surface area contributed by atoms with Crippen molar-refractivity contribution in [3.8, 4) is 28.2 Å². The zero-order valence-corrected chi connectivity index (χ0v) is 18.3. The van der Waals surface area contributed by atoms with Crippen LogP contribution in [0.25, 0.3) is 28.2 Å². The van der Waals surface area contributed by atoms with Crippen molar-refractivity contribution in [3.63, 3.8) is 0 Å². The fourth-order valence-corrected chi connectivity index (χ4v) is 4.67. The van der Waals surface area contributed by atoms with Gasteiger partial charge in [-0.15, -0.1) is 0 Å². The van der Waals surface area contributed by atoms with Crippen LogP contribution in [0.1, 0.15) is 24.0 Å². The van der Waals surface area contributed by atoms with Crippen LogP contribution in [0, 0.1) is 19.3 Å². The van der Waals surface area contributed by atoms with Crippen LogP contribution < -0.4 is 10.9 Å². The van der Waals surface area contributed by atoms with E-state index in [4.69, 9.17) is 10.2 Å². The largest absolute Gasteiger partial charge is 0.369 e. The van der Waals surface area contributed by atoms with Gasteiger partial charge in [-0.25, -0.2) is 4.68 Å². The molecule has 32 heavy (non-hydrogen) atoms. The molecule has 6 heteroatoms. The van der Waals surface area contributed by atoms with Gasteiger partial charge in [-0.05, 0) is 50.5 Å². The minimum atomic E-state index is -0.147. The van der Waals surface area contributed by atoms with E-state index in [-0.39, 0.29) is 5.56 Å². The van der Waals surface area contributed by atoms with Crippen molar-refractivity contribution >= 4 is 5.82 Å². The maximum absolute atomic E-state index is 12.7. The first kappa shape index (κ1) is 19.0. The van der Waals surface area contributed by atoms with Gasteiger partial charge >= 0.3 is 0 Å². The first-order valence-electron chi connectivity index (χ1n) is 11.1. The van der Waals surface area contributed by atoms with Crippen LogP contribution in [0.5, 0.6) is 0 Å². The van der Waals surface area contributed by atoms with E-state index < -0.39 is 0 Å². The van der Waals surface area contributed by atoms with Crippen LogP contribution in [-0.4, -0.2) is 26.1 Å². The molecule has 0 bridgehead atoms. The smallest absolute Gasteiger partial charge is 0.271 e. The third kappa shape index (κ3) is 3.06. The van der Waals surface area contributed by atoms with Crippen molar-refractivity contribution in [3.05, 3.63) is 82.1 Å². The Bertz CT molecular complexity index is 1410. The molecule has 0 atom stereocenters. The highest BCUT2D eigenvalue weighted by atomic mass is 16.1. The third-order valence-electron chi connectivity index (χ3n) is 6.72. The minimum absolute atomic E-state index is 0.147. The standard InChI is InChI=1S/C26H25N5O/c1-17-6-5-8-19(14-17)24-23(25-27-15-26(12-13-26)16-30(25)29-24)20-10-11-22(32)31(28-20)21-9-4-3-7-18(21)2/h3-11,14,27H,12-13,15-16H2,1-2H3. The molecule has 0 radical (unpaired) electrons. The van der Waals surface area contributed by atoms with E-state index in [0.717, 1.165) is 52.7 Å². The highest BCUT2D eigenvalue weighted by Crippen LogP contribution is 2.51. The van der Waals surface area contributed by atoms with E-state index in [1.54, 1.807) is 6.07 Å². The summed E-state index contributed by atoms with van der Waals surface area (Å²) in [6.45, 7) is 5.96. The maximum Gasteiger partial charge on any atom is 0.271 e. The van der Waals surface area contributed by atoms with Gasteiger partial charge in [-0.2, -0.15) is 14.9 Å². The molecule has 0 amide bonds. The molecule has 6 rings (SSSR count). The van der Waals surface area contributed by atoms with E-state index in [0.29, 0.717) is 5.41 Å². The topological polar surface area (TPSA) is 64.7 Å². The molecular weight excluding hydrogens is 398 g/mol.